The first-order valence-corrected chi connectivity index (χ1v) is 5.43. The summed E-state index contributed by atoms with van der Waals surface area (Å²) in [5.74, 6) is 1.88. The molecule has 1 fully saturated rings. The van der Waals surface area contributed by atoms with Crippen LogP contribution in [0.5, 0.6) is 11.5 Å². The van der Waals surface area contributed by atoms with Crippen molar-refractivity contribution < 1.29 is 9.47 Å². The molecule has 0 spiro atoms. The Morgan fingerprint density at radius 1 is 1.40 bits per heavy atom. The van der Waals surface area contributed by atoms with E-state index in [2.05, 4.69) is 18.0 Å². The number of hydrogen-bond donors (Lipinski definition) is 0. The Bertz CT molecular complexity index is 372. The van der Waals surface area contributed by atoms with Crippen LogP contribution in [0.15, 0.2) is 18.2 Å². The monoisotopic (exact) mass is 205 g/mol. The largest absolute Gasteiger partial charge is 0.489 e. The summed E-state index contributed by atoms with van der Waals surface area (Å²) < 4.78 is 11.5. The van der Waals surface area contributed by atoms with E-state index < -0.39 is 0 Å². The highest BCUT2D eigenvalue weighted by atomic mass is 16.5. The van der Waals surface area contributed by atoms with Gasteiger partial charge >= 0.3 is 0 Å². The summed E-state index contributed by atoms with van der Waals surface area (Å²) in [6.45, 7) is 2.83. The molecule has 0 aromatic heterocycles. The van der Waals surface area contributed by atoms with Crippen molar-refractivity contribution >= 4 is 0 Å². The average molecular weight is 205 g/mol. The van der Waals surface area contributed by atoms with Crippen molar-refractivity contribution in [1.29, 1.82) is 0 Å². The highest BCUT2D eigenvalue weighted by molar-refractivity contribution is 5.48. The van der Waals surface area contributed by atoms with E-state index in [0.717, 1.165) is 37.6 Å². The van der Waals surface area contributed by atoms with Crippen LogP contribution in [0.1, 0.15) is 5.56 Å². The van der Waals surface area contributed by atoms with Crippen molar-refractivity contribution in [3.63, 3.8) is 0 Å². The first kappa shape index (κ1) is 9.04. The molecule has 80 valence electrons. The second-order valence-electron chi connectivity index (χ2n) is 4.30. The van der Waals surface area contributed by atoms with E-state index in [1.807, 2.05) is 12.1 Å². The third-order valence-corrected chi connectivity index (χ3v) is 3.00. The zero-order chi connectivity index (χ0) is 10.3. The van der Waals surface area contributed by atoms with E-state index >= 15 is 0 Å². The first-order chi connectivity index (χ1) is 7.33. The SMILES string of the molecule is CN1CC(Oc2cccc3c2OCC3)C1. The topological polar surface area (TPSA) is 21.7 Å². The first-order valence-electron chi connectivity index (χ1n) is 5.43. The van der Waals surface area contributed by atoms with Crippen LogP contribution in [-0.2, 0) is 6.42 Å². The molecular formula is C12H15NO2. The minimum atomic E-state index is 0.339. The highest BCUT2D eigenvalue weighted by Gasteiger charge is 2.27. The molecule has 0 amide bonds. The molecule has 15 heavy (non-hydrogen) atoms. The van der Waals surface area contributed by atoms with Gasteiger partial charge in [-0.3, -0.25) is 4.90 Å². The van der Waals surface area contributed by atoms with Gasteiger partial charge in [-0.05, 0) is 13.1 Å². The third kappa shape index (κ3) is 1.57. The van der Waals surface area contributed by atoms with Gasteiger partial charge in [0.05, 0.1) is 6.61 Å². The number of likely N-dealkylation sites (N-methyl/N-ethyl adjacent to an activating group) is 1. The quantitative estimate of drug-likeness (QED) is 0.726. The summed E-state index contributed by atoms with van der Waals surface area (Å²) in [6.07, 6.45) is 1.35. The minimum absolute atomic E-state index is 0.339. The number of para-hydroxylation sites is 1. The zero-order valence-corrected chi connectivity index (χ0v) is 8.90. The van der Waals surface area contributed by atoms with Crippen LogP contribution in [0.3, 0.4) is 0 Å². The summed E-state index contributed by atoms with van der Waals surface area (Å²) in [6, 6.07) is 6.16. The molecule has 2 aliphatic rings. The molecule has 0 atom stereocenters. The maximum absolute atomic E-state index is 5.90. The molecule has 1 saturated heterocycles. The van der Waals surface area contributed by atoms with Gasteiger partial charge in [-0.2, -0.15) is 0 Å². The fraction of sp³-hybridized carbons (Fsp3) is 0.500. The van der Waals surface area contributed by atoms with Crippen molar-refractivity contribution in [3.05, 3.63) is 23.8 Å². The lowest BCUT2D eigenvalue weighted by Crippen LogP contribution is -2.51. The van der Waals surface area contributed by atoms with E-state index in [0.29, 0.717) is 6.10 Å². The van der Waals surface area contributed by atoms with Gasteiger partial charge < -0.3 is 9.47 Å². The number of rotatable bonds is 2. The summed E-state index contributed by atoms with van der Waals surface area (Å²) >= 11 is 0. The maximum Gasteiger partial charge on any atom is 0.164 e. The maximum atomic E-state index is 5.90. The molecule has 2 aliphatic heterocycles. The molecule has 0 bridgehead atoms. The van der Waals surface area contributed by atoms with E-state index in [1.165, 1.54) is 5.56 Å². The number of hydrogen-bond acceptors (Lipinski definition) is 3. The van der Waals surface area contributed by atoms with Gasteiger partial charge in [0.1, 0.15) is 6.10 Å². The molecule has 1 aromatic carbocycles. The fourth-order valence-corrected chi connectivity index (χ4v) is 2.17. The molecule has 0 aliphatic carbocycles. The van der Waals surface area contributed by atoms with Crippen LogP contribution >= 0.6 is 0 Å². The molecular weight excluding hydrogens is 190 g/mol. The Morgan fingerprint density at radius 3 is 3.07 bits per heavy atom. The number of ether oxygens (including phenoxy) is 2. The minimum Gasteiger partial charge on any atom is -0.489 e. The standard InChI is InChI=1S/C12H15NO2/c1-13-7-10(8-13)15-11-4-2-3-9-5-6-14-12(9)11/h2-4,10H,5-8H2,1H3. The van der Waals surface area contributed by atoms with Crippen molar-refractivity contribution in [3.8, 4) is 11.5 Å². The molecule has 3 rings (SSSR count). The van der Waals surface area contributed by atoms with Gasteiger partial charge in [0, 0.05) is 25.1 Å². The van der Waals surface area contributed by atoms with Crippen LogP contribution < -0.4 is 9.47 Å². The van der Waals surface area contributed by atoms with Gasteiger partial charge in [-0.15, -0.1) is 0 Å². The Kier molecular flexibility index (Phi) is 2.06. The second kappa shape index (κ2) is 3.42. The van der Waals surface area contributed by atoms with Crippen molar-refractivity contribution in [2.45, 2.75) is 12.5 Å². The van der Waals surface area contributed by atoms with Gasteiger partial charge in [0.15, 0.2) is 11.5 Å². The molecule has 3 nitrogen and oxygen atoms in total. The number of nitrogens with zero attached hydrogens (tertiary/aromatic N) is 1. The molecule has 3 heteroatoms. The molecule has 1 aromatic rings. The van der Waals surface area contributed by atoms with Crippen LogP contribution in [-0.4, -0.2) is 37.7 Å². The van der Waals surface area contributed by atoms with Gasteiger partial charge in [0.2, 0.25) is 0 Å². The average Bonchev–Trinajstić information content (AvgIpc) is 2.64. The molecule has 2 heterocycles. The fourth-order valence-electron chi connectivity index (χ4n) is 2.17. The number of fused-ring (bicyclic) bond motifs is 1. The van der Waals surface area contributed by atoms with Gasteiger partial charge in [-0.25, -0.2) is 0 Å². The Hall–Kier alpha value is -1.22. The molecule has 0 unspecified atom stereocenters. The highest BCUT2D eigenvalue weighted by Crippen LogP contribution is 2.36. The Balaban J connectivity index is 1.77. The molecule has 0 N–H and O–H groups in total. The lowest BCUT2D eigenvalue weighted by atomic mass is 10.1. The summed E-state index contributed by atoms with van der Waals surface area (Å²) in [7, 11) is 2.10. The van der Waals surface area contributed by atoms with E-state index in [9.17, 15) is 0 Å². The van der Waals surface area contributed by atoms with E-state index in [4.69, 9.17) is 9.47 Å². The predicted octanol–water partition coefficient (Wildman–Crippen LogP) is 1.31. The molecule has 0 radical (unpaired) electrons. The number of benzene rings is 1. The Morgan fingerprint density at radius 2 is 2.27 bits per heavy atom. The normalized spacial score (nSPS) is 20.6. The summed E-state index contributed by atoms with van der Waals surface area (Å²) in [5.41, 5.74) is 1.28. The van der Waals surface area contributed by atoms with Crippen molar-refractivity contribution in [1.82, 2.24) is 4.90 Å². The predicted molar refractivity (Wildman–Crippen MR) is 57.6 cm³/mol. The zero-order valence-electron chi connectivity index (χ0n) is 8.90. The van der Waals surface area contributed by atoms with Crippen LogP contribution in [0.25, 0.3) is 0 Å². The van der Waals surface area contributed by atoms with Crippen molar-refractivity contribution in [2.75, 3.05) is 26.7 Å². The van der Waals surface area contributed by atoms with E-state index in [1.54, 1.807) is 0 Å². The second-order valence-corrected chi connectivity index (χ2v) is 4.30. The lowest BCUT2D eigenvalue weighted by molar-refractivity contribution is 0.0369. The van der Waals surface area contributed by atoms with Gasteiger partial charge in [0.25, 0.3) is 0 Å². The van der Waals surface area contributed by atoms with Gasteiger partial charge in [-0.1, -0.05) is 12.1 Å². The van der Waals surface area contributed by atoms with Crippen LogP contribution in [0.4, 0.5) is 0 Å². The third-order valence-electron chi connectivity index (χ3n) is 3.00. The van der Waals surface area contributed by atoms with Crippen molar-refractivity contribution in [2.24, 2.45) is 0 Å². The van der Waals surface area contributed by atoms with E-state index in [-0.39, 0.29) is 0 Å². The van der Waals surface area contributed by atoms with Crippen LogP contribution in [0.2, 0.25) is 0 Å². The van der Waals surface area contributed by atoms with Crippen LogP contribution in [0, 0.1) is 0 Å². The lowest BCUT2D eigenvalue weighted by Gasteiger charge is -2.36. The smallest absolute Gasteiger partial charge is 0.164 e. The Labute approximate surface area is 89.6 Å². The molecule has 0 saturated carbocycles. The summed E-state index contributed by atoms with van der Waals surface area (Å²) in [4.78, 5) is 2.24. The summed E-state index contributed by atoms with van der Waals surface area (Å²) in [5, 5.41) is 0. The number of likely N-dealkylation sites (tertiary alicyclic amines) is 1.